The third-order valence-electron chi connectivity index (χ3n) is 4.66. The Morgan fingerprint density at radius 1 is 1.27 bits per heavy atom. The van der Waals surface area contributed by atoms with Crippen LogP contribution in [0.4, 0.5) is 26.3 Å². The summed E-state index contributed by atoms with van der Waals surface area (Å²) < 4.78 is 83.0. The molecule has 1 fully saturated rings. The van der Waals surface area contributed by atoms with Gasteiger partial charge in [0, 0.05) is 11.6 Å². The predicted molar refractivity (Wildman–Crippen MR) is 81.6 cm³/mol. The molecule has 2 nitrogen and oxygen atoms in total. The molecule has 0 unspecified atom stereocenters. The summed E-state index contributed by atoms with van der Waals surface area (Å²) in [7, 11) is 0. The van der Waals surface area contributed by atoms with Crippen molar-refractivity contribution in [1.82, 2.24) is 0 Å². The maximum absolute atomic E-state index is 13.8. The molecule has 0 N–H and O–H groups in total. The van der Waals surface area contributed by atoms with Gasteiger partial charge in [0.05, 0.1) is 5.92 Å². The molecular weight excluding hydrogens is 386 g/mol. The third-order valence-corrected chi connectivity index (χ3v) is 5.00. The molecule has 2 atom stereocenters. The highest BCUT2D eigenvalue weighted by atomic mass is 35.5. The van der Waals surface area contributed by atoms with E-state index >= 15 is 0 Å². The molecule has 1 saturated carbocycles. The summed E-state index contributed by atoms with van der Waals surface area (Å²) in [6, 6.07) is 0.375. The molecule has 0 radical (unpaired) electrons. The highest BCUT2D eigenvalue weighted by Crippen LogP contribution is 2.60. The lowest BCUT2D eigenvalue weighted by molar-refractivity contribution is -0.147. The Kier molecular flexibility index (Phi) is 5.38. The molecule has 9 heteroatoms. The summed E-state index contributed by atoms with van der Waals surface area (Å²) in [6.45, 7) is 3.56. The Labute approximate surface area is 150 Å². The standard InChI is InChI=1S/C17H15ClF6O2/c1-7-8(14(21)11(20)5-10(7)19)6-26-15(25)13-9(16(13,2)3)4-12(18)17(22,23)24/h4-5,9,13H,6H2,1-3H3/b12-4-/t9-,13-/m0/s1. The average molecular weight is 401 g/mol. The number of rotatable bonds is 4. The van der Waals surface area contributed by atoms with Crippen molar-refractivity contribution in [3.05, 3.63) is 45.8 Å². The molecular formula is C17H15ClF6O2. The summed E-state index contributed by atoms with van der Waals surface area (Å²) in [6.07, 6.45) is -3.99. The normalized spacial score (nSPS) is 22.3. The van der Waals surface area contributed by atoms with Crippen molar-refractivity contribution >= 4 is 17.6 Å². The summed E-state index contributed by atoms with van der Waals surface area (Å²) in [5.74, 6) is -6.42. The van der Waals surface area contributed by atoms with Crippen molar-refractivity contribution in [2.75, 3.05) is 0 Å². The Morgan fingerprint density at radius 2 is 1.85 bits per heavy atom. The second kappa shape index (κ2) is 6.79. The number of hydrogen-bond acceptors (Lipinski definition) is 2. The van der Waals surface area contributed by atoms with Crippen molar-refractivity contribution in [1.29, 1.82) is 0 Å². The van der Waals surface area contributed by atoms with E-state index in [-0.39, 0.29) is 5.56 Å². The number of halogens is 7. The van der Waals surface area contributed by atoms with E-state index in [1.54, 1.807) is 13.8 Å². The first kappa shape index (κ1) is 20.6. The molecule has 1 aromatic rings. The number of ether oxygens (including phenoxy) is 1. The maximum Gasteiger partial charge on any atom is 0.426 e. The summed E-state index contributed by atoms with van der Waals surface area (Å²) >= 11 is 5.19. The molecule has 1 aromatic carbocycles. The molecule has 1 aliphatic rings. The molecule has 0 aromatic heterocycles. The van der Waals surface area contributed by atoms with Crippen LogP contribution in [0.1, 0.15) is 25.0 Å². The van der Waals surface area contributed by atoms with E-state index in [2.05, 4.69) is 0 Å². The fourth-order valence-electron chi connectivity index (χ4n) is 2.83. The lowest BCUT2D eigenvalue weighted by Gasteiger charge is -2.10. The molecule has 0 amide bonds. The fraction of sp³-hybridized carbons (Fsp3) is 0.471. The third kappa shape index (κ3) is 3.84. The minimum atomic E-state index is -4.73. The Hall–Kier alpha value is -1.70. The number of hydrogen-bond donors (Lipinski definition) is 0. The Balaban J connectivity index is 2.13. The van der Waals surface area contributed by atoms with Gasteiger partial charge in [0.25, 0.3) is 0 Å². The maximum atomic E-state index is 13.8. The van der Waals surface area contributed by atoms with Gasteiger partial charge in [-0.3, -0.25) is 4.79 Å². The van der Waals surface area contributed by atoms with E-state index in [4.69, 9.17) is 16.3 Å². The summed E-state index contributed by atoms with van der Waals surface area (Å²) in [4.78, 5) is 12.1. The molecule has 1 aliphatic carbocycles. The van der Waals surface area contributed by atoms with Crippen molar-refractivity contribution in [3.63, 3.8) is 0 Å². The first-order valence-corrected chi connectivity index (χ1v) is 7.90. The fourth-order valence-corrected chi connectivity index (χ4v) is 2.97. The van der Waals surface area contributed by atoms with Gasteiger partial charge < -0.3 is 4.74 Å². The van der Waals surface area contributed by atoms with Crippen molar-refractivity contribution in [2.24, 2.45) is 17.3 Å². The van der Waals surface area contributed by atoms with Crippen molar-refractivity contribution in [2.45, 2.75) is 33.6 Å². The quantitative estimate of drug-likeness (QED) is 0.383. The van der Waals surface area contributed by atoms with E-state index < -0.39 is 64.1 Å². The van der Waals surface area contributed by atoms with Crippen LogP contribution in [0.2, 0.25) is 0 Å². The lowest BCUT2D eigenvalue weighted by atomic mass is 10.1. The van der Waals surface area contributed by atoms with Gasteiger partial charge >= 0.3 is 12.1 Å². The van der Waals surface area contributed by atoms with E-state index in [9.17, 15) is 31.1 Å². The zero-order chi connectivity index (χ0) is 20.0. The molecule has 0 spiro atoms. The number of carbonyl (C=O) groups is 1. The van der Waals surface area contributed by atoms with E-state index in [0.717, 1.165) is 6.08 Å². The van der Waals surface area contributed by atoms with Crippen LogP contribution in [0.25, 0.3) is 0 Å². The molecule has 0 heterocycles. The average Bonchev–Trinajstić information content (AvgIpc) is 3.04. The Bertz CT molecular complexity index is 743. The van der Waals surface area contributed by atoms with Gasteiger partial charge in [-0.1, -0.05) is 31.5 Å². The van der Waals surface area contributed by atoms with Crippen LogP contribution in [-0.2, 0) is 16.1 Å². The van der Waals surface area contributed by atoms with Gasteiger partial charge in [0.1, 0.15) is 17.5 Å². The van der Waals surface area contributed by atoms with Crippen LogP contribution in [-0.4, -0.2) is 12.1 Å². The second-order valence-electron chi connectivity index (χ2n) is 6.70. The summed E-state index contributed by atoms with van der Waals surface area (Å²) in [5.41, 5.74) is -1.53. The van der Waals surface area contributed by atoms with Gasteiger partial charge in [-0.2, -0.15) is 13.2 Å². The molecule has 0 saturated heterocycles. The lowest BCUT2D eigenvalue weighted by Crippen LogP contribution is -2.13. The molecule has 0 bridgehead atoms. The smallest absolute Gasteiger partial charge is 0.426 e. The van der Waals surface area contributed by atoms with Crippen LogP contribution in [0, 0.1) is 41.6 Å². The number of alkyl halides is 3. The predicted octanol–water partition coefficient (Wildman–Crippen LogP) is 5.41. The number of carbonyl (C=O) groups excluding carboxylic acids is 1. The van der Waals surface area contributed by atoms with Gasteiger partial charge in [0.15, 0.2) is 11.6 Å². The highest BCUT2D eigenvalue weighted by molar-refractivity contribution is 6.30. The van der Waals surface area contributed by atoms with Gasteiger partial charge in [-0.05, 0) is 23.8 Å². The first-order chi connectivity index (χ1) is 11.8. The molecule has 2 rings (SSSR count). The monoisotopic (exact) mass is 400 g/mol. The molecule has 0 aliphatic heterocycles. The minimum Gasteiger partial charge on any atom is -0.460 e. The van der Waals surface area contributed by atoms with Crippen LogP contribution < -0.4 is 0 Å². The number of benzene rings is 1. The topological polar surface area (TPSA) is 26.3 Å². The molecule has 144 valence electrons. The minimum absolute atomic E-state index is 0.219. The van der Waals surface area contributed by atoms with Crippen LogP contribution >= 0.6 is 11.6 Å². The van der Waals surface area contributed by atoms with Gasteiger partial charge in [0.2, 0.25) is 0 Å². The van der Waals surface area contributed by atoms with E-state index in [0.29, 0.717) is 6.07 Å². The Morgan fingerprint density at radius 3 is 2.38 bits per heavy atom. The van der Waals surface area contributed by atoms with Gasteiger partial charge in [-0.25, -0.2) is 13.2 Å². The first-order valence-electron chi connectivity index (χ1n) is 7.52. The van der Waals surface area contributed by atoms with E-state index in [1.807, 2.05) is 0 Å². The summed E-state index contributed by atoms with van der Waals surface area (Å²) in [5, 5.41) is -1.35. The van der Waals surface area contributed by atoms with E-state index in [1.165, 1.54) is 6.92 Å². The van der Waals surface area contributed by atoms with Crippen LogP contribution in [0.15, 0.2) is 17.2 Å². The SMILES string of the molecule is Cc1c(F)cc(F)c(F)c1COC(=O)[C@@H]1[C@H](/C=C(\Cl)C(F)(F)F)C1(C)C. The number of allylic oxidation sites excluding steroid dienone is 2. The number of esters is 1. The van der Waals surface area contributed by atoms with Gasteiger partial charge in [-0.15, -0.1) is 0 Å². The largest absolute Gasteiger partial charge is 0.460 e. The van der Waals surface area contributed by atoms with Crippen LogP contribution in [0.3, 0.4) is 0 Å². The highest BCUT2D eigenvalue weighted by Gasteiger charge is 2.62. The second-order valence-corrected chi connectivity index (χ2v) is 7.11. The molecule has 26 heavy (non-hydrogen) atoms. The zero-order valence-corrected chi connectivity index (χ0v) is 14.7. The zero-order valence-electron chi connectivity index (χ0n) is 14.0. The van der Waals surface area contributed by atoms with Crippen molar-refractivity contribution < 1.29 is 35.9 Å². The van der Waals surface area contributed by atoms with Crippen molar-refractivity contribution in [3.8, 4) is 0 Å². The van der Waals surface area contributed by atoms with Crippen LogP contribution in [0.5, 0.6) is 0 Å².